The Bertz CT molecular complexity index is 613. The molecule has 6 heteroatoms. The fourth-order valence-corrected chi connectivity index (χ4v) is 3.65. The molecule has 0 aliphatic carbocycles. The zero-order chi connectivity index (χ0) is 20.7. The number of hydrogen-bond donors (Lipinski definition) is 2. The Hall–Kier alpha value is -1.50. The van der Waals surface area contributed by atoms with Crippen LogP contribution in [-0.4, -0.2) is 56.2 Å². The van der Waals surface area contributed by atoms with Gasteiger partial charge in [0.05, 0.1) is 19.3 Å². The van der Waals surface area contributed by atoms with E-state index >= 15 is 0 Å². The molecule has 2 N–H and O–H groups in total. The average molecular weight is 394 g/mol. The highest BCUT2D eigenvalue weighted by molar-refractivity contribution is 5.78. The molecule has 1 saturated heterocycles. The van der Waals surface area contributed by atoms with Crippen molar-refractivity contribution in [2.24, 2.45) is 11.3 Å². The fraction of sp³-hybridized carbons (Fsp3) is 0.682. The quantitative estimate of drug-likeness (QED) is 0.713. The maximum Gasteiger partial charge on any atom is 0.234 e. The van der Waals surface area contributed by atoms with Crippen molar-refractivity contribution in [2.75, 3.05) is 39.3 Å². The minimum atomic E-state index is -0.256. The lowest BCUT2D eigenvalue weighted by atomic mass is 9.82. The number of nitrogens with one attached hydrogen (secondary N) is 2. The van der Waals surface area contributed by atoms with Crippen molar-refractivity contribution >= 4 is 5.91 Å². The van der Waals surface area contributed by atoms with Gasteiger partial charge in [0.1, 0.15) is 5.82 Å². The molecule has 1 aromatic rings. The molecular formula is C22H36FN3O2. The Labute approximate surface area is 169 Å². The summed E-state index contributed by atoms with van der Waals surface area (Å²) in [5.74, 6) is 0.312. The van der Waals surface area contributed by atoms with E-state index in [1.807, 2.05) is 0 Å². The van der Waals surface area contributed by atoms with E-state index in [-0.39, 0.29) is 35.8 Å². The maximum absolute atomic E-state index is 13.2. The molecular weight excluding hydrogens is 357 g/mol. The Morgan fingerprint density at radius 1 is 1.29 bits per heavy atom. The molecule has 0 aromatic heterocycles. The minimum absolute atomic E-state index is 0.0342. The van der Waals surface area contributed by atoms with E-state index in [2.05, 4.69) is 50.2 Å². The molecule has 2 atom stereocenters. The summed E-state index contributed by atoms with van der Waals surface area (Å²) in [6.45, 7) is 15.0. The third-order valence-corrected chi connectivity index (χ3v) is 4.91. The van der Waals surface area contributed by atoms with Crippen LogP contribution in [0.15, 0.2) is 24.3 Å². The van der Waals surface area contributed by atoms with E-state index < -0.39 is 0 Å². The van der Waals surface area contributed by atoms with Crippen molar-refractivity contribution in [1.82, 2.24) is 15.5 Å². The number of ether oxygens (including phenoxy) is 1. The van der Waals surface area contributed by atoms with Crippen LogP contribution in [0.5, 0.6) is 0 Å². The molecule has 1 aliphatic heterocycles. The van der Waals surface area contributed by atoms with E-state index in [1.165, 1.54) is 12.1 Å². The molecule has 1 amide bonds. The number of nitrogens with zero attached hydrogens (tertiary/aromatic N) is 1. The van der Waals surface area contributed by atoms with Gasteiger partial charge in [-0.1, -0.05) is 46.8 Å². The van der Waals surface area contributed by atoms with Gasteiger partial charge in [-0.05, 0) is 29.0 Å². The summed E-state index contributed by atoms with van der Waals surface area (Å²) in [5.41, 5.74) is 0.865. The Morgan fingerprint density at radius 3 is 2.57 bits per heavy atom. The first-order valence-electron chi connectivity index (χ1n) is 10.2. The molecule has 1 fully saturated rings. The van der Waals surface area contributed by atoms with Crippen molar-refractivity contribution in [2.45, 2.75) is 46.8 Å². The first kappa shape index (κ1) is 22.8. The molecule has 28 heavy (non-hydrogen) atoms. The monoisotopic (exact) mass is 393 g/mol. The van der Waals surface area contributed by atoms with E-state index in [0.29, 0.717) is 19.1 Å². The summed E-state index contributed by atoms with van der Waals surface area (Å²) in [6.07, 6.45) is 0.0342. The third kappa shape index (κ3) is 7.49. The molecule has 0 bridgehead atoms. The van der Waals surface area contributed by atoms with Crippen molar-refractivity contribution in [1.29, 1.82) is 0 Å². The normalized spacial score (nSPS) is 19.6. The zero-order valence-corrected chi connectivity index (χ0v) is 17.9. The summed E-state index contributed by atoms with van der Waals surface area (Å²) in [6, 6.07) is 6.41. The third-order valence-electron chi connectivity index (χ3n) is 4.91. The van der Waals surface area contributed by atoms with Crippen LogP contribution in [0.4, 0.5) is 4.39 Å². The van der Waals surface area contributed by atoms with Crippen molar-refractivity contribution in [3.8, 4) is 0 Å². The predicted octanol–water partition coefficient (Wildman–Crippen LogP) is 2.98. The van der Waals surface area contributed by atoms with Gasteiger partial charge in [-0.25, -0.2) is 4.39 Å². The van der Waals surface area contributed by atoms with Gasteiger partial charge in [-0.15, -0.1) is 0 Å². The molecule has 0 saturated carbocycles. The van der Waals surface area contributed by atoms with Gasteiger partial charge in [-0.3, -0.25) is 9.69 Å². The van der Waals surface area contributed by atoms with E-state index in [1.54, 1.807) is 12.1 Å². The first-order valence-corrected chi connectivity index (χ1v) is 10.2. The SMILES string of the molecule is CC(C)CN1CCOC(CNC(=O)CNC(c2ccc(F)cc2)C(C)(C)C)C1. The van der Waals surface area contributed by atoms with Crippen LogP contribution in [0.2, 0.25) is 0 Å². The number of morpholine rings is 1. The standard InChI is InChI=1S/C22H36FN3O2/c1-16(2)14-26-10-11-28-19(15-26)12-24-20(27)13-25-21(22(3,4)5)17-6-8-18(23)9-7-17/h6-9,16,19,21,25H,10-15H2,1-5H3,(H,24,27). The lowest BCUT2D eigenvalue weighted by Crippen LogP contribution is -2.49. The van der Waals surface area contributed by atoms with E-state index in [4.69, 9.17) is 4.74 Å². The minimum Gasteiger partial charge on any atom is -0.374 e. The molecule has 1 aromatic carbocycles. The van der Waals surface area contributed by atoms with Gasteiger partial charge in [0, 0.05) is 32.2 Å². The zero-order valence-electron chi connectivity index (χ0n) is 17.9. The topological polar surface area (TPSA) is 53.6 Å². The molecule has 0 spiro atoms. The molecule has 1 heterocycles. The van der Waals surface area contributed by atoms with Gasteiger partial charge in [0.15, 0.2) is 0 Å². The number of rotatable bonds is 8. The fourth-order valence-electron chi connectivity index (χ4n) is 3.65. The van der Waals surface area contributed by atoms with Gasteiger partial charge in [-0.2, -0.15) is 0 Å². The molecule has 2 unspecified atom stereocenters. The van der Waals surface area contributed by atoms with Crippen LogP contribution in [0.1, 0.15) is 46.2 Å². The first-order chi connectivity index (χ1) is 13.1. The second-order valence-electron chi connectivity index (χ2n) is 9.18. The van der Waals surface area contributed by atoms with E-state index in [0.717, 1.165) is 25.2 Å². The lowest BCUT2D eigenvalue weighted by molar-refractivity contribution is -0.121. The van der Waals surface area contributed by atoms with Gasteiger partial charge in [0.2, 0.25) is 5.91 Å². The Kier molecular flexibility index (Phi) is 8.40. The van der Waals surface area contributed by atoms with Crippen molar-refractivity contribution < 1.29 is 13.9 Å². The van der Waals surface area contributed by atoms with Crippen LogP contribution >= 0.6 is 0 Å². The number of benzene rings is 1. The van der Waals surface area contributed by atoms with E-state index in [9.17, 15) is 9.18 Å². The number of halogens is 1. The number of hydrogen-bond acceptors (Lipinski definition) is 4. The molecule has 5 nitrogen and oxygen atoms in total. The molecule has 2 rings (SSSR count). The van der Waals surface area contributed by atoms with Crippen molar-refractivity contribution in [3.63, 3.8) is 0 Å². The second-order valence-corrected chi connectivity index (χ2v) is 9.18. The second kappa shape index (κ2) is 10.3. The number of carbonyl (C=O) groups excluding carboxylic acids is 1. The van der Waals surface area contributed by atoms with Crippen LogP contribution in [0.3, 0.4) is 0 Å². The average Bonchev–Trinajstić information content (AvgIpc) is 2.60. The highest BCUT2D eigenvalue weighted by Gasteiger charge is 2.27. The molecule has 158 valence electrons. The predicted molar refractivity (Wildman–Crippen MR) is 111 cm³/mol. The molecule has 1 aliphatic rings. The summed E-state index contributed by atoms with van der Waals surface area (Å²) < 4.78 is 19.0. The summed E-state index contributed by atoms with van der Waals surface area (Å²) in [5, 5.41) is 6.31. The Balaban J connectivity index is 1.82. The summed E-state index contributed by atoms with van der Waals surface area (Å²) in [7, 11) is 0. The largest absolute Gasteiger partial charge is 0.374 e. The highest BCUT2D eigenvalue weighted by atomic mass is 19.1. The van der Waals surface area contributed by atoms with Crippen LogP contribution < -0.4 is 10.6 Å². The smallest absolute Gasteiger partial charge is 0.234 e. The maximum atomic E-state index is 13.2. The Morgan fingerprint density at radius 2 is 1.96 bits per heavy atom. The van der Waals surface area contributed by atoms with Crippen LogP contribution in [-0.2, 0) is 9.53 Å². The van der Waals surface area contributed by atoms with Crippen molar-refractivity contribution in [3.05, 3.63) is 35.6 Å². The van der Waals surface area contributed by atoms with Crippen LogP contribution in [0.25, 0.3) is 0 Å². The summed E-state index contributed by atoms with van der Waals surface area (Å²) >= 11 is 0. The highest BCUT2D eigenvalue weighted by Crippen LogP contribution is 2.32. The van der Waals surface area contributed by atoms with Crippen LogP contribution in [0, 0.1) is 17.2 Å². The van der Waals surface area contributed by atoms with Gasteiger partial charge < -0.3 is 15.4 Å². The number of carbonyl (C=O) groups is 1. The number of amides is 1. The lowest BCUT2D eigenvalue weighted by Gasteiger charge is -2.34. The molecule has 0 radical (unpaired) electrons. The summed E-state index contributed by atoms with van der Waals surface area (Å²) in [4.78, 5) is 14.8. The van der Waals surface area contributed by atoms with Gasteiger partial charge in [0.25, 0.3) is 0 Å². The van der Waals surface area contributed by atoms with Gasteiger partial charge >= 0.3 is 0 Å².